The summed E-state index contributed by atoms with van der Waals surface area (Å²) < 4.78 is 5.82. The fourth-order valence-corrected chi connectivity index (χ4v) is 4.15. The average molecular weight is 490 g/mol. The summed E-state index contributed by atoms with van der Waals surface area (Å²) in [6.07, 6.45) is 1.94. The molecule has 1 atom stereocenters. The predicted molar refractivity (Wildman–Crippen MR) is 131 cm³/mol. The molecule has 9 nitrogen and oxygen atoms in total. The number of carboxylic acid groups (broad SMARTS) is 1. The van der Waals surface area contributed by atoms with Crippen LogP contribution in [-0.4, -0.2) is 88.7 Å². The van der Waals surface area contributed by atoms with Crippen LogP contribution in [0.4, 0.5) is 4.79 Å². The minimum atomic E-state index is -1.26. The van der Waals surface area contributed by atoms with E-state index >= 15 is 0 Å². The molecule has 1 aliphatic carbocycles. The van der Waals surface area contributed by atoms with E-state index in [0.29, 0.717) is 26.1 Å². The SMILES string of the molecule is CCC(C(=O)N1CCN(CCCOc2ccc(C(=O)C3CC3)cc2)CC1)N(OC(C)(C)C)C(=O)O. The molecule has 1 N–H and O–H groups in total. The van der Waals surface area contributed by atoms with Crippen molar-refractivity contribution in [1.82, 2.24) is 14.9 Å². The molecular weight excluding hydrogens is 450 g/mol. The number of ketones is 1. The van der Waals surface area contributed by atoms with E-state index in [-0.39, 0.29) is 17.6 Å². The van der Waals surface area contributed by atoms with Crippen LogP contribution in [0.2, 0.25) is 0 Å². The van der Waals surface area contributed by atoms with Crippen molar-refractivity contribution in [3.05, 3.63) is 29.8 Å². The van der Waals surface area contributed by atoms with Crippen LogP contribution in [0, 0.1) is 5.92 Å². The Bertz CT molecular complexity index is 870. The van der Waals surface area contributed by atoms with Crippen LogP contribution in [0.1, 0.15) is 63.7 Å². The molecule has 2 fully saturated rings. The number of ether oxygens (including phenoxy) is 1. The smallest absolute Gasteiger partial charge is 0.432 e. The summed E-state index contributed by atoms with van der Waals surface area (Å²) in [4.78, 5) is 46.5. The molecule has 194 valence electrons. The number of piperazine rings is 1. The maximum Gasteiger partial charge on any atom is 0.432 e. The normalized spacial score (nSPS) is 17.7. The van der Waals surface area contributed by atoms with E-state index in [1.807, 2.05) is 24.3 Å². The lowest BCUT2D eigenvalue weighted by molar-refractivity contribution is -0.224. The van der Waals surface area contributed by atoms with Crippen LogP contribution < -0.4 is 4.74 Å². The van der Waals surface area contributed by atoms with Gasteiger partial charge in [0, 0.05) is 44.2 Å². The zero-order chi connectivity index (χ0) is 25.6. The van der Waals surface area contributed by atoms with E-state index in [2.05, 4.69) is 4.90 Å². The molecule has 9 heteroatoms. The molecular formula is C26H39N3O6. The van der Waals surface area contributed by atoms with Crippen molar-refractivity contribution in [2.24, 2.45) is 5.92 Å². The highest BCUT2D eigenvalue weighted by Gasteiger charge is 2.36. The Kier molecular flexibility index (Phi) is 9.13. The zero-order valence-electron chi connectivity index (χ0n) is 21.4. The number of hydroxylamine groups is 2. The summed E-state index contributed by atoms with van der Waals surface area (Å²) in [5, 5.41) is 10.4. The third-order valence-corrected chi connectivity index (χ3v) is 6.17. The van der Waals surface area contributed by atoms with Gasteiger partial charge < -0.3 is 14.7 Å². The maximum absolute atomic E-state index is 13.1. The summed E-state index contributed by atoms with van der Waals surface area (Å²) in [6.45, 7) is 11.1. The molecule has 0 aromatic heterocycles. The number of Topliss-reactive ketones (excluding diaryl/α,β-unsaturated/α-hetero) is 1. The van der Waals surface area contributed by atoms with E-state index in [9.17, 15) is 19.5 Å². The van der Waals surface area contributed by atoms with Gasteiger partial charge in [-0.2, -0.15) is 5.06 Å². The summed E-state index contributed by atoms with van der Waals surface area (Å²) in [7, 11) is 0. The summed E-state index contributed by atoms with van der Waals surface area (Å²) in [5.74, 6) is 1.000. The highest BCUT2D eigenvalue weighted by Crippen LogP contribution is 2.32. The minimum absolute atomic E-state index is 0.217. The summed E-state index contributed by atoms with van der Waals surface area (Å²) >= 11 is 0. The number of nitrogens with zero attached hydrogens (tertiary/aromatic N) is 3. The van der Waals surface area contributed by atoms with Gasteiger partial charge in [0.15, 0.2) is 5.78 Å². The molecule has 2 amide bonds. The molecule has 0 spiro atoms. The molecule has 1 heterocycles. The van der Waals surface area contributed by atoms with Crippen LogP contribution in [0.3, 0.4) is 0 Å². The lowest BCUT2D eigenvalue weighted by Crippen LogP contribution is -2.56. The number of carbonyl (C=O) groups excluding carboxylic acids is 2. The van der Waals surface area contributed by atoms with Gasteiger partial charge in [-0.15, -0.1) is 0 Å². The van der Waals surface area contributed by atoms with Crippen molar-refractivity contribution in [2.45, 2.75) is 65.0 Å². The van der Waals surface area contributed by atoms with Gasteiger partial charge in [0.25, 0.3) is 0 Å². The molecule has 1 saturated heterocycles. The van der Waals surface area contributed by atoms with Gasteiger partial charge in [-0.1, -0.05) is 6.92 Å². The van der Waals surface area contributed by atoms with Crippen LogP contribution >= 0.6 is 0 Å². The minimum Gasteiger partial charge on any atom is -0.494 e. The maximum atomic E-state index is 13.1. The Labute approximate surface area is 207 Å². The van der Waals surface area contributed by atoms with Crippen molar-refractivity contribution in [3.8, 4) is 5.75 Å². The van der Waals surface area contributed by atoms with Gasteiger partial charge in [-0.3, -0.25) is 19.3 Å². The van der Waals surface area contributed by atoms with Crippen LogP contribution in [-0.2, 0) is 9.63 Å². The Morgan fingerprint density at radius 2 is 1.71 bits per heavy atom. The van der Waals surface area contributed by atoms with Crippen LogP contribution in [0.15, 0.2) is 24.3 Å². The van der Waals surface area contributed by atoms with Gasteiger partial charge in [0.05, 0.1) is 12.2 Å². The molecule has 1 aliphatic heterocycles. The zero-order valence-corrected chi connectivity index (χ0v) is 21.4. The van der Waals surface area contributed by atoms with E-state index in [1.54, 1.807) is 32.6 Å². The van der Waals surface area contributed by atoms with Crippen molar-refractivity contribution in [3.63, 3.8) is 0 Å². The quantitative estimate of drug-likeness (QED) is 0.288. The highest BCUT2D eigenvalue weighted by atomic mass is 16.7. The standard InChI is InChI=1S/C26H39N3O6/c1-5-22(29(25(32)33)35-26(2,3)4)24(31)28-16-14-27(15-17-28)13-6-18-34-21-11-9-20(10-12-21)23(30)19-7-8-19/h9-12,19,22H,5-8,13-18H2,1-4H3,(H,32,33). The lowest BCUT2D eigenvalue weighted by atomic mass is 10.1. The number of hydrogen-bond acceptors (Lipinski definition) is 6. The second-order valence-electron chi connectivity index (χ2n) is 10.3. The third kappa shape index (κ3) is 7.93. The van der Waals surface area contributed by atoms with Gasteiger partial charge >= 0.3 is 6.09 Å². The average Bonchev–Trinajstić information content (AvgIpc) is 3.67. The predicted octanol–water partition coefficient (Wildman–Crippen LogP) is 3.68. The van der Waals surface area contributed by atoms with Gasteiger partial charge in [-0.05, 0) is 70.7 Å². The van der Waals surface area contributed by atoms with Gasteiger partial charge in [0.2, 0.25) is 5.91 Å². The molecule has 1 unspecified atom stereocenters. The topological polar surface area (TPSA) is 99.6 Å². The fourth-order valence-electron chi connectivity index (χ4n) is 4.15. The summed E-state index contributed by atoms with van der Waals surface area (Å²) in [6, 6.07) is 6.53. The fraction of sp³-hybridized carbons (Fsp3) is 0.654. The van der Waals surface area contributed by atoms with Gasteiger partial charge in [0.1, 0.15) is 11.8 Å². The number of amides is 2. The molecule has 35 heavy (non-hydrogen) atoms. The molecule has 3 rings (SSSR count). The molecule has 1 aromatic rings. The molecule has 1 saturated carbocycles. The molecule has 1 aromatic carbocycles. The molecule has 0 radical (unpaired) electrons. The summed E-state index contributed by atoms with van der Waals surface area (Å²) in [5.41, 5.74) is 0.0390. The van der Waals surface area contributed by atoms with Crippen molar-refractivity contribution in [2.75, 3.05) is 39.3 Å². The molecule has 2 aliphatic rings. The van der Waals surface area contributed by atoms with Crippen LogP contribution in [0.5, 0.6) is 5.75 Å². The largest absolute Gasteiger partial charge is 0.494 e. The first-order chi connectivity index (χ1) is 16.6. The van der Waals surface area contributed by atoms with Crippen molar-refractivity contribution >= 4 is 17.8 Å². The van der Waals surface area contributed by atoms with E-state index in [4.69, 9.17) is 9.57 Å². The number of rotatable bonds is 11. The first-order valence-electron chi connectivity index (χ1n) is 12.6. The highest BCUT2D eigenvalue weighted by molar-refractivity contribution is 5.99. The second kappa shape index (κ2) is 11.9. The Hall–Kier alpha value is -2.65. The molecule has 0 bridgehead atoms. The van der Waals surface area contributed by atoms with E-state index < -0.39 is 17.7 Å². The first-order valence-corrected chi connectivity index (χ1v) is 12.6. The first kappa shape index (κ1) is 26.9. The number of benzene rings is 1. The van der Waals surface area contributed by atoms with E-state index in [1.165, 1.54) is 0 Å². The van der Waals surface area contributed by atoms with Gasteiger partial charge in [-0.25, -0.2) is 4.79 Å². The Morgan fingerprint density at radius 1 is 1.09 bits per heavy atom. The Balaban J connectivity index is 1.39. The van der Waals surface area contributed by atoms with E-state index in [0.717, 1.165) is 55.3 Å². The van der Waals surface area contributed by atoms with Crippen LogP contribution in [0.25, 0.3) is 0 Å². The third-order valence-electron chi connectivity index (χ3n) is 6.17. The van der Waals surface area contributed by atoms with Crippen molar-refractivity contribution < 1.29 is 29.1 Å². The number of hydrogen-bond donors (Lipinski definition) is 1. The second-order valence-corrected chi connectivity index (χ2v) is 10.3. The number of carbonyl (C=O) groups is 3. The monoisotopic (exact) mass is 489 g/mol. The van der Waals surface area contributed by atoms with Crippen molar-refractivity contribution in [1.29, 1.82) is 0 Å². The lowest BCUT2D eigenvalue weighted by Gasteiger charge is -2.39. The Morgan fingerprint density at radius 3 is 2.23 bits per heavy atom.